The molecule has 1 fully saturated rings. The van der Waals surface area contributed by atoms with Crippen LogP contribution in [0.4, 0.5) is 5.69 Å². The highest BCUT2D eigenvalue weighted by Crippen LogP contribution is 2.20. The lowest BCUT2D eigenvalue weighted by molar-refractivity contribution is -0.119. The van der Waals surface area contributed by atoms with Crippen molar-refractivity contribution in [2.45, 2.75) is 38.7 Å². The smallest absolute Gasteiger partial charge is 0.226 e. The van der Waals surface area contributed by atoms with E-state index >= 15 is 0 Å². The second-order valence-corrected chi connectivity index (χ2v) is 5.67. The summed E-state index contributed by atoms with van der Waals surface area (Å²) >= 11 is 3.43. The molecule has 1 atom stereocenters. The number of aryl methyl sites for hydroxylation is 1. The molecule has 4 heteroatoms. The largest absolute Gasteiger partial charge is 0.378 e. The summed E-state index contributed by atoms with van der Waals surface area (Å²) < 4.78 is 6.54. The molecule has 0 aromatic heterocycles. The summed E-state index contributed by atoms with van der Waals surface area (Å²) in [4.78, 5) is 11.9. The lowest BCUT2D eigenvalue weighted by Gasteiger charge is -2.22. The average Bonchev–Trinajstić information content (AvgIpc) is 2.28. The van der Waals surface area contributed by atoms with Gasteiger partial charge in [-0.2, -0.15) is 0 Å². The number of halogens is 1. The van der Waals surface area contributed by atoms with Crippen LogP contribution in [0.1, 0.15) is 31.2 Å². The summed E-state index contributed by atoms with van der Waals surface area (Å²) in [7, 11) is 0. The Balaban J connectivity index is 1.89. The van der Waals surface area contributed by atoms with E-state index < -0.39 is 0 Å². The Morgan fingerprint density at radius 2 is 2.28 bits per heavy atom. The molecule has 1 heterocycles. The van der Waals surface area contributed by atoms with Gasteiger partial charge in [-0.3, -0.25) is 4.79 Å². The summed E-state index contributed by atoms with van der Waals surface area (Å²) in [5.41, 5.74) is 1.95. The highest BCUT2D eigenvalue weighted by atomic mass is 79.9. The second-order valence-electron chi connectivity index (χ2n) is 4.76. The lowest BCUT2D eigenvalue weighted by atomic mass is 10.1. The van der Waals surface area contributed by atoms with Crippen LogP contribution in [-0.4, -0.2) is 18.6 Å². The van der Waals surface area contributed by atoms with E-state index in [4.69, 9.17) is 4.74 Å². The maximum absolute atomic E-state index is 11.9. The van der Waals surface area contributed by atoms with Gasteiger partial charge < -0.3 is 10.1 Å². The number of amides is 1. The average molecular weight is 312 g/mol. The van der Waals surface area contributed by atoms with Gasteiger partial charge in [0.25, 0.3) is 0 Å². The van der Waals surface area contributed by atoms with E-state index in [9.17, 15) is 4.79 Å². The molecule has 1 aromatic rings. The van der Waals surface area contributed by atoms with Gasteiger partial charge in [0.1, 0.15) is 0 Å². The van der Waals surface area contributed by atoms with Crippen LogP contribution >= 0.6 is 15.9 Å². The lowest BCUT2D eigenvalue weighted by Crippen LogP contribution is -2.25. The van der Waals surface area contributed by atoms with Gasteiger partial charge in [0.2, 0.25) is 5.91 Å². The summed E-state index contributed by atoms with van der Waals surface area (Å²) in [5.74, 6) is 0.0272. The van der Waals surface area contributed by atoms with Crippen molar-refractivity contribution in [2.24, 2.45) is 0 Å². The summed E-state index contributed by atoms with van der Waals surface area (Å²) in [6.45, 7) is 2.79. The number of anilines is 1. The predicted octanol–water partition coefficient (Wildman–Crippen LogP) is 3.66. The van der Waals surface area contributed by atoms with Gasteiger partial charge in [0.15, 0.2) is 0 Å². The minimum Gasteiger partial charge on any atom is -0.378 e. The SMILES string of the molecule is Cc1cc(Br)cc(NC(=O)CC2CCCCO2)c1. The monoisotopic (exact) mass is 311 g/mol. The fourth-order valence-electron chi connectivity index (χ4n) is 2.20. The van der Waals surface area contributed by atoms with Gasteiger partial charge in [-0.25, -0.2) is 0 Å². The van der Waals surface area contributed by atoms with E-state index in [0.29, 0.717) is 6.42 Å². The van der Waals surface area contributed by atoms with Crippen molar-refractivity contribution in [2.75, 3.05) is 11.9 Å². The fourth-order valence-corrected chi connectivity index (χ4v) is 2.80. The quantitative estimate of drug-likeness (QED) is 0.925. The van der Waals surface area contributed by atoms with E-state index in [1.54, 1.807) is 0 Å². The van der Waals surface area contributed by atoms with E-state index in [2.05, 4.69) is 21.2 Å². The molecule has 1 aliphatic heterocycles. The molecule has 2 rings (SSSR count). The van der Waals surface area contributed by atoms with E-state index in [0.717, 1.165) is 41.6 Å². The number of hydrogen-bond donors (Lipinski definition) is 1. The molecule has 1 aromatic carbocycles. The zero-order valence-electron chi connectivity index (χ0n) is 10.5. The molecule has 3 nitrogen and oxygen atoms in total. The second kappa shape index (κ2) is 6.34. The van der Waals surface area contributed by atoms with Crippen molar-refractivity contribution in [1.29, 1.82) is 0 Å². The number of nitrogens with one attached hydrogen (secondary N) is 1. The third-order valence-electron chi connectivity index (χ3n) is 3.01. The van der Waals surface area contributed by atoms with Crippen molar-refractivity contribution in [3.8, 4) is 0 Å². The molecule has 18 heavy (non-hydrogen) atoms. The van der Waals surface area contributed by atoms with Crippen molar-refractivity contribution >= 4 is 27.5 Å². The molecule has 0 aliphatic carbocycles. The zero-order valence-corrected chi connectivity index (χ0v) is 12.1. The number of carbonyl (C=O) groups excluding carboxylic acids is 1. The van der Waals surface area contributed by atoms with Crippen molar-refractivity contribution < 1.29 is 9.53 Å². The van der Waals surface area contributed by atoms with Gasteiger partial charge in [-0.15, -0.1) is 0 Å². The van der Waals surface area contributed by atoms with Crippen LogP contribution in [0.15, 0.2) is 22.7 Å². The first-order chi connectivity index (χ1) is 8.63. The Morgan fingerprint density at radius 3 is 2.94 bits per heavy atom. The van der Waals surface area contributed by atoms with Crippen LogP contribution in [0.25, 0.3) is 0 Å². The molecule has 1 saturated heterocycles. The van der Waals surface area contributed by atoms with Gasteiger partial charge in [0, 0.05) is 16.8 Å². The first kappa shape index (κ1) is 13.6. The van der Waals surface area contributed by atoms with Gasteiger partial charge in [-0.05, 0) is 49.9 Å². The molecule has 1 unspecified atom stereocenters. The Kier molecular flexibility index (Phi) is 4.78. The van der Waals surface area contributed by atoms with Gasteiger partial charge >= 0.3 is 0 Å². The topological polar surface area (TPSA) is 38.3 Å². The fraction of sp³-hybridized carbons (Fsp3) is 0.500. The van der Waals surface area contributed by atoms with Gasteiger partial charge in [-0.1, -0.05) is 15.9 Å². The Morgan fingerprint density at radius 1 is 1.44 bits per heavy atom. The minimum absolute atomic E-state index is 0.0272. The van der Waals surface area contributed by atoms with Crippen molar-refractivity contribution in [1.82, 2.24) is 0 Å². The van der Waals surface area contributed by atoms with Gasteiger partial charge in [0.05, 0.1) is 12.5 Å². The number of ether oxygens (including phenoxy) is 1. The highest BCUT2D eigenvalue weighted by Gasteiger charge is 2.17. The molecule has 0 bridgehead atoms. The molecule has 0 radical (unpaired) electrons. The van der Waals surface area contributed by atoms with Crippen molar-refractivity contribution in [3.05, 3.63) is 28.2 Å². The summed E-state index contributed by atoms with van der Waals surface area (Å²) in [6.07, 6.45) is 3.81. The van der Waals surface area contributed by atoms with Crippen LogP contribution < -0.4 is 5.32 Å². The molecule has 1 aliphatic rings. The molecular formula is C14H18BrNO2. The summed E-state index contributed by atoms with van der Waals surface area (Å²) in [6, 6.07) is 5.89. The molecule has 0 spiro atoms. The maximum atomic E-state index is 11.9. The van der Waals surface area contributed by atoms with Crippen LogP contribution in [-0.2, 0) is 9.53 Å². The Hall–Kier alpha value is -0.870. The van der Waals surface area contributed by atoms with Crippen LogP contribution in [0.5, 0.6) is 0 Å². The zero-order chi connectivity index (χ0) is 13.0. The van der Waals surface area contributed by atoms with Crippen LogP contribution in [0.3, 0.4) is 0 Å². The normalized spacial score (nSPS) is 19.6. The standard InChI is InChI=1S/C14H18BrNO2/c1-10-6-11(15)8-12(7-10)16-14(17)9-13-4-2-3-5-18-13/h6-8,13H,2-5,9H2,1H3,(H,16,17). The summed E-state index contributed by atoms with van der Waals surface area (Å²) in [5, 5.41) is 2.92. The Bertz CT molecular complexity index is 408. The minimum atomic E-state index is 0.0272. The molecule has 0 saturated carbocycles. The van der Waals surface area contributed by atoms with E-state index in [1.165, 1.54) is 0 Å². The van der Waals surface area contributed by atoms with Crippen molar-refractivity contribution in [3.63, 3.8) is 0 Å². The van der Waals surface area contributed by atoms with Crippen LogP contribution in [0, 0.1) is 6.92 Å². The maximum Gasteiger partial charge on any atom is 0.226 e. The predicted molar refractivity (Wildman–Crippen MR) is 75.7 cm³/mol. The first-order valence-corrected chi connectivity index (χ1v) is 7.11. The molecule has 98 valence electrons. The number of benzene rings is 1. The highest BCUT2D eigenvalue weighted by molar-refractivity contribution is 9.10. The number of rotatable bonds is 3. The number of carbonyl (C=O) groups is 1. The third-order valence-corrected chi connectivity index (χ3v) is 3.47. The number of hydrogen-bond acceptors (Lipinski definition) is 2. The van der Waals surface area contributed by atoms with E-state index in [-0.39, 0.29) is 12.0 Å². The Labute approximate surface area is 116 Å². The molecule has 1 N–H and O–H groups in total. The van der Waals surface area contributed by atoms with Crippen LogP contribution in [0.2, 0.25) is 0 Å². The molecular weight excluding hydrogens is 294 g/mol. The van der Waals surface area contributed by atoms with E-state index in [1.807, 2.05) is 25.1 Å². The third kappa shape index (κ3) is 4.10. The first-order valence-electron chi connectivity index (χ1n) is 6.32. The molecule has 1 amide bonds.